The van der Waals surface area contributed by atoms with E-state index in [0.29, 0.717) is 5.92 Å². The van der Waals surface area contributed by atoms with Gasteiger partial charge in [0.15, 0.2) is 6.29 Å². The van der Waals surface area contributed by atoms with Crippen molar-refractivity contribution < 1.29 is 23.4 Å². The van der Waals surface area contributed by atoms with Crippen molar-refractivity contribution in [2.24, 2.45) is 17.8 Å². The van der Waals surface area contributed by atoms with Crippen molar-refractivity contribution in [3.05, 3.63) is 12.2 Å². The molecule has 0 aromatic rings. The second-order valence-corrected chi connectivity index (χ2v) is 8.10. The van der Waals surface area contributed by atoms with Crippen LogP contribution in [0.15, 0.2) is 12.2 Å². The second kappa shape index (κ2) is 9.32. The Morgan fingerprint density at radius 3 is 2.92 bits per heavy atom. The van der Waals surface area contributed by atoms with Gasteiger partial charge in [-0.3, -0.25) is 0 Å². The third kappa shape index (κ3) is 4.66. The summed E-state index contributed by atoms with van der Waals surface area (Å²) in [6, 6.07) is 0. The van der Waals surface area contributed by atoms with Crippen LogP contribution in [0.3, 0.4) is 0 Å². The minimum atomic E-state index is -1.49. The van der Waals surface area contributed by atoms with E-state index in [4.69, 9.17) is 14.2 Å². The van der Waals surface area contributed by atoms with Gasteiger partial charge in [0.2, 0.25) is 6.17 Å². The van der Waals surface area contributed by atoms with Crippen molar-refractivity contribution in [3.8, 4) is 0 Å². The van der Waals surface area contributed by atoms with Gasteiger partial charge in [-0.1, -0.05) is 45.3 Å². The first-order valence-electron chi connectivity index (χ1n) is 10.4. The molecule has 3 aliphatic rings. The van der Waals surface area contributed by atoms with Crippen molar-refractivity contribution in [1.29, 1.82) is 0 Å². The van der Waals surface area contributed by atoms with Gasteiger partial charge in [-0.05, 0) is 43.9 Å². The number of unbranched alkanes of at least 4 members (excludes halogenated alkanes) is 2. The monoisotopic (exact) mass is 368 g/mol. The molecular formula is C21H33FO4. The van der Waals surface area contributed by atoms with Gasteiger partial charge in [0, 0.05) is 12.5 Å². The number of carbonyl (C=O) groups is 1. The molecule has 0 N–H and O–H groups in total. The smallest absolute Gasteiger partial charge is 0.341 e. The van der Waals surface area contributed by atoms with Gasteiger partial charge in [-0.25, -0.2) is 9.18 Å². The summed E-state index contributed by atoms with van der Waals surface area (Å²) in [4.78, 5) is 11.6. The van der Waals surface area contributed by atoms with Crippen molar-refractivity contribution in [2.75, 3.05) is 6.61 Å². The fourth-order valence-electron chi connectivity index (χ4n) is 4.58. The lowest BCUT2D eigenvalue weighted by Crippen LogP contribution is -2.28. The average molecular weight is 368 g/mol. The molecule has 0 spiro atoms. The van der Waals surface area contributed by atoms with E-state index in [2.05, 4.69) is 26.0 Å². The summed E-state index contributed by atoms with van der Waals surface area (Å²) >= 11 is 0. The number of carbonyl (C=O) groups excluding carboxylic acids is 1. The van der Waals surface area contributed by atoms with Gasteiger partial charge in [0.25, 0.3) is 0 Å². The number of fused-ring (bicyclic) bond motifs is 1. The Bertz CT molecular complexity index is 488. The van der Waals surface area contributed by atoms with Crippen LogP contribution in [-0.4, -0.2) is 37.2 Å². The van der Waals surface area contributed by atoms with Crippen LogP contribution in [-0.2, 0) is 19.0 Å². The van der Waals surface area contributed by atoms with E-state index >= 15 is 0 Å². The Morgan fingerprint density at radius 1 is 1.35 bits per heavy atom. The molecule has 1 saturated carbocycles. The zero-order chi connectivity index (χ0) is 18.5. The normalized spacial score (nSPS) is 38.5. The van der Waals surface area contributed by atoms with Gasteiger partial charge in [0.05, 0.1) is 6.10 Å². The highest BCUT2D eigenvalue weighted by Crippen LogP contribution is 2.46. The predicted octanol–water partition coefficient (Wildman–Crippen LogP) is 4.57. The van der Waals surface area contributed by atoms with Crippen LogP contribution in [0, 0.1) is 17.8 Å². The minimum Gasteiger partial charge on any atom is -0.460 e. The highest BCUT2D eigenvalue weighted by Gasteiger charge is 2.54. The number of alkyl halides is 1. The molecule has 3 rings (SSSR count). The fourth-order valence-corrected chi connectivity index (χ4v) is 4.58. The number of allylic oxidation sites excluding steroid dienone is 1. The van der Waals surface area contributed by atoms with Gasteiger partial charge < -0.3 is 14.2 Å². The maximum atomic E-state index is 14.3. The molecule has 2 saturated heterocycles. The summed E-state index contributed by atoms with van der Waals surface area (Å²) in [6.45, 7) is 5.07. The van der Waals surface area contributed by atoms with Crippen molar-refractivity contribution in [1.82, 2.24) is 0 Å². The fraction of sp³-hybridized carbons (Fsp3) is 0.857. The topological polar surface area (TPSA) is 44.8 Å². The summed E-state index contributed by atoms with van der Waals surface area (Å²) in [7, 11) is 0. The summed E-state index contributed by atoms with van der Waals surface area (Å²) in [5.41, 5.74) is 0. The molecule has 5 heteroatoms. The number of rotatable bonds is 8. The highest BCUT2D eigenvalue weighted by molar-refractivity contribution is 5.77. The van der Waals surface area contributed by atoms with Gasteiger partial charge >= 0.3 is 5.97 Å². The third-order valence-corrected chi connectivity index (χ3v) is 6.07. The van der Waals surface area contributed by atoms with Crippen molar-refractivity contribution in [2.45, 2.75) is 89.9 Å². The van der Waals surface area contributed by atoms with E-state index in [1.165, 1.54) is 12.8 Å². The number of ether oxygens (including phenoxy) is 3. The van der Waals surface area contributed by atoms with E-state index in [1.807, 2.05) is 0 Å². The molecule has 2 heterocycles. The first-order valence-corrected chi connectivity index (χ1v) is 10.4. The molecule has 2 unspecified atom stereocenters. The number of esters is 1. The molecule has 3 fully saturated rings. The summed E-state index contributed by atoms with van der Waals surface area (Å²) in [5, 5.41) is 0. The van der Waals surface area contributed by atoms with E-state index in [-0.39, 0.29) is 30.3 Å². The third-order valence-electron chi connectivity index (χ3n) is 6.07. The summed E-state index contributed by atoms with van der Waals surface area (Å²) < 4.78 is 31.4. The summed E-state index contributed by atoms with van der Waals surface area (Å²) in [6.07, 6.45) is 10.6. The van der Waals surface area contributed by atoms with Gasteiger partial charge in [-0.2, -0.15) is 0 Å². The SMILES string of the molecule is CCCCCC(C=C[C@H]1[C@@H]2[C@H](F)C(=O)O[C@@H]2C[C@@H]1C)OC1CCCCO1. The van der Waals surface area contributed by atoms with E-state index in [9.17, 15) is 9.18 Å². The molecule has 0 radical (unpaired) electrons. The lowest BCUT2D eigenvalue weighted by Gasteiger charge is -2.27. The maximum Gasteiger partial charge on any atom is 0.341 e. The van der Waals surface area contributed by atoms with Gasteiger partial charge in [0.1, 0.15) is 6.10 Å². The molecule has 0 aromatic heterocycles. The predicted molar refractivity (Wildman–Crippen MR) is 97.3 cm³/mol. The van der Waals surface area contributed by atoms with E-state index in [1.54, 1.807) is 0 Å². The average Bonchev–Trinajstić information content (AvgIpc) is 3.08. The zero-order valence-corrected chi connectivity index (χ0v) is 16.1. The number of hydrogen-bond acceptors (Lipinski definition) is 4. The van der Waals surface area contributed by atoms with Crippen LogP contribution < -0.4 is 0 Å². The van der Waals surface area contributed by atoms with Crippen molar-refractivity contribution >= 4 is 5.97 Å². The first-order chi connectivity index (χ1) is 12.6. The molecule has 0 amide bonds. The number of hydrogen-bond donors (Lipinski definition) is 0. The quantitative estimate of drug-likeness (QED) is 0.358. The van der Waals surface area contributed by atoms with Crippen LogP contribution in [0.1, 0.15) is 65.2 Å². The van der Waals surface area contributed by atoms with Crippen LogP contribution >= 0.6 is 0 Å². The van der Waals surface area contributed by atoms with Crippen LogP contribution in [0.25, 0.3) is 0 Å². The molecule has 0 bridgehead atoms. The van der Waals surface area contributed by atoms with E-state index in [0.717, 1.165) is 45.1 Å². The molecule has 4 nitrogen and oxygen atoms in total. The molecule has 148 valence electrons. The molecule has 2 aliphatic heterocycles. The maximum absolute atomic E-state index is 14.3. The minimum absolute atomic E-state index is 0.00742. The van der Waals surface area contributed by atoms with E-state index < -0.39 is 12.1 Å². The molecular weight excluding hydrogens is 335 g/mol. The van der Waals surface area contributed by atoms with Crippen LogP contribution in [0.2, 0.25) is 0 Å². The second-order valence-electron chi connectivity index (χ2n) is 8.10. The molecule has 1 aliphatic carbocycles. The Morgan fingerprint density at radius 2 is 2.19 bits per heavy atom. The van der Waals surface area contributed by atoms with Gasteiger partial charge in [-0.15, -0.1) is 0 Å². The molecule has 26 heavy (non-hydrogen) atoms. The van der Waals surface area contributed by atoms with Crippen molar-refractivity contribution in [3.63, 3.8) is 0 Å². The Hall–Kier alpha value is -0.940. The lowest BCUT2D eigenvalue weighted by atomic mass is 9.87. The standard InChI is InChI=1S/C21H33FO4/c1-3-4-5-8-15(25-18-9-6-7-12-24-18)10-11-16-14(2)13-17-19(16)20(22)21(23)26-17/h10-11,14-20H,3-9,12-13H2,1-2H3/t14-,15?,16+,17+,18?,19-,20-/m0/s1. The highest BCUT2D eigenvalue weighted by atomic mass is 19.1. The lowest BCUT2D eigenvalue weighted by molar-refractivity contribution is -0.179. The Balaban J connectivity index is 1.62. The Labute approximate surface area is 156 Å². The largest absolute Gasteiger partial charge is 0.460 e. The molecule has 0 aromatic carbocycles. The zero-order valence-electron chi connectivity index (χ0n) is 16.1. The Kier molecular flexibility index (Phi) is 7.10. The van der Waals surface area contributed by atoms with Crippen LogP contribution in [0.5, 0.6) is 0 Å². The van der Waals surface area contributed by atoms with Crippen LogP contribution in [0.4, 0.5) is 4.39 Å². The first kappa shape index (κ1) is 19.8. The summed E-state index contributed by atoms with van der Waals surface area (Å²) in [5.74, 6) is -0.673. The number of halogens is 1. The molecule has 7 atom stereocenters.